The van der Waals surface area contributed by atoms with Gasteiger partial charge in [-0.2, -0.15) is 0 Å². The van der Waals surface area contributed by atoms with Gasteiger partial charge in [0.25, 0.3) is 0 Å². The first-order valence-corrected chi connectivity index (χ1v) is 9.21. The molecule has 1 aliphatic heterocycles. The van der Waals surface area contributed by atoms with Crippen molar-refractivity contribution >= 4 is 18.5 Å². The fourth-order valence-corrected chi connectivity index (χ4v) is 2.57. The van der Waals surface area contributed by atoms with Crippen molar-refractivity contribution in [2.75, 3.05) is 13.1 Å². The van der Waals surface area contributed by atoms with Gasteiger partial charge >= 0.3 is 7.12 Å². The Kier molecular flexibility index (Phi) is 6.66. The predicted octanol–water partition coefficient (Wildman–Crippen LogP) is 2.16. The molecular weight excluding hydrogens is 327 g/mol. The monoisotopic (exact) mass is 358 g/mol. The normalized spacial score (nSPS) is 18.0. The maximum Gasteiger partial charge on any atom is 0.494 e. The lowest BCUT2D eigenvalue weighted by Gasteiger charge is -2.32. The van der Waals surface area contributed by atoms with Crippen molar-refractivity contribution in [2.24, 2.45) is 0 Å². The fourth-order valence-electron chi connectivity index (χ4n) is 2.57. The smallest absolute Gasteiger partial charge is 0.399 e. The van der Waals surface area contributed by atoms with E-state index in [2.05, 4.69) is 69.2 Å². The molecule has 2 rings (SSSR count). The largest absolute Gasteiger partial charge is 0.494 e. The van der Waals surface area contributed by atoms with Gasteiger partial charge in [-0.3, -0.25) is 4.79 Å². The molecule has 1 aromatic carbocycles. The van der Waals surface area contributed by atoms with E-state index in [1.54, 1.807) is 6.92 Å². The molecule has 0 spiro atoms. The second-order valence-electron chi connectivity index (χ2n) is 7.90. The summed E-state index contributed by atoms with van der Waals surface area (Å²) in [5.74, 6) is -0.0803. The van der Waals surface area contributed by atoms with Crippen molar-refractivity contribution in [1.82, 2.24) is 10.6 Å². The van der Waals surface area contributed by atoms with E-state index >= 15 is 0 Å². The third kappa shape index (κ3) is 5.19. The highest BCUT2D eigenvalue weighted by atomic mass is 16.7. The van der Waals surface area contributed by atoms with E-state index in [1.165, 1.54) is 5.56 Å². The first-order chi connectivity index (χ1) is 12.1. The molecule has 5 nitrogen and oxygen atoms in total. The molecule has 2 N–H and O–H groups in total. The molecule has 1 fully saturated rings. The number of benzene rings is 1. The molecule has 1 saturated heterocycles. The zero-order chi connectivity index (χ0) is 19.4. The molecule has 1 amide bonds. The van der Waals surface area contributed by atoms with E-state index in [0.717, 1.165) is 25.0 Å². The van der Waals surface area contributed by atoms with Crippen LogP contribution >= 0.6 is 0 Å². The molecule has 0 radical (unpaired) electrons. The second-order valence-corrected chi connectivity index (χ2v) is 7.90. The van der Waals surface area contributed by atoms with Crippen LogP contribution in [0.3, 0.4) is 0 Å². The van der Waals surface area contributed by atoms with Gasteiger partial charge in [0.1, 0.15) is 0 Å². The van der Waals surface area contributed by atoms with Crippen LogP contribution in [0.5, 0.6) is 0 Å². The first-order valence-electron chi connectivity index (χ1n) is 9.21. The molecule has 26 heavy (non-hydrogen) atoms. The quantitative estimate of drug-likeness (QED) is 0.425. The van der Waals surface area contributed by atoms with Crippen molar-refractivity contribution < 1.29 is 14.1 Å². The van der Waals surface area contributed by atoms with E-state index in [9.17, 15) is 4.79 Å². The lowest BCUT2D eigenvalue weighted by molar-refractivity contribution is -0.117. The van der Waals surface area contributed by atoms with Gasteiger partial charge in [0.2, 0.25) is 5.91 Å². The Morgan fingerprint density at radius 1 is 1.08 bits per heavy atom. The summed E-state index contributed by atoms with van der Waals surface area (Å²) in [6.45, 7) is 15.8. The van der Waals surface area contributed by atoms with Gasteiger partial charge in [-0.05, 0) is 58.6 Å². The Hall–Kier alpha value is -1.63. The summed E-state index contributed by atoms with van der Waals surface area (Å²) in [5.41, 5.74) is 2.14. The topological polar surface area (TPSA) is 59.6 Å². The molecule has 142 valence electrons. The highest BCUT2D eigenvalue weighted by molar-refractivity contribution is 6.62. The van der Waals surface area contributed by atoms with E-state index in [4.69, 9.17) is 9.31 Å². The standard InChI is InChI=1S/C20H31BN2O3/c1-15(2)18(24)23-13-7-12-22-14-16-8-10-17(11-9-16)21-25-19(3,4)20(5,6)26-21/h8-11,22H,1,7,12-14H2,2-6H3,(H,23,24). The lowest BCUT2D eigenvalue weighted by atomic mass is 9.79. The first kappa shape index (κ1) is 20.7. The number of hydrogen-bond donors (Lipinski definition) is 2. The van der Waals surface area contributed by atoms with Gasteiger partial charge in [0, 0.05) is 18.7 Å². The van der Waals surface area contributed by atoms with Crippen LogP contribution in [0, 0.1) is 0 Å². The third-order valence-corrected chi connectivity index (χ3v) is 5.04. The zero-order valence-electron chi connectivity index (χ0n) is 16.6. The molecule has 1 heterocycles. The molecule has 1 aliphatic rings. The van der Waals surface area contributed by atoms with Crippen LogP contribution in [0.25, 0.3) is 0 Å². The number of hydrogen-bond acceptors (Lipinski definition) is 4. The van der Waals surface area contributed by atoms with Gasteiger partial charge < -0.3 is 19.9 Å². The molecule has 0 bridgehead atoms. The van der Waals surface area contributed by atoms with Crippen LogP contribution in [0.15, 0.2) is 36.4 Å². The molecule has 0 unspecified atom stereocenters. The van der Waals surface area contributed by atoms with E-state index < -0.39 is 0 Å². The molecule has 6 heteroatoms. The Morgan fingerprint density at radius 3 is 2.19 bits per heavy atom. The van der Waals surface area contributed by atoms with E-state index in [-0.39, 0.29) is 24.2 Å². The van der Waals surface area contributed by atoms with Gasteiger partial charge in [-0.15, -0.1) is 0 Å². The Bertz CT molecular complexity index is 625. The van der Waals surface area contributed by atoms with Crippen LogP contribution in [0.1, 0.15) is 46.6 Å². The molecule has 0 aromatic heterocycles. The van der Waals surface area contributed by atoms with Crippen molar-refractivity contribution in [1.29, 1.82) is 0 Å². The Balaban J connectivity index is 1.73. The second kappa shape index (κ2) is 8.38. The van der Waals surface area contributed by atoms with E-state index in [0.29, 0.717) is 12.1 Å². The zero-order valence-corrected chi connectivity index (χ0v) is 16.6. The van der Waals surface area contributed by atoms with Crippen LogP contribution in [0.2, 0.25) is 0 Å². The summed E-state index contributed by atoms with van der Waals surface area (Å²) < 4.78 is 12.1. The van der Waals surface area contributed by atoms with Crippen LogP contribution < -0.4 is 16.1 Å². The number of amides is 1. The maximum absolute atomic E-state index is 11.4. The minimum absolute atomic E-state index is 0.0803. The summed E-state index contributed by atoms with van der Waals surface area (Å²) in [6, 6.07) is 8.31. The number of carbonyl (C=O) groups excluding carboxylic acids is 1. The van der Waals surface area contributed by atoms with Gasteiger partial charge in [0.15, 0.2) is 0 Å². The minimum Gasteiger partial charge on any atom is -0.399 e. The van der Waals surface area contributed by atoms with Gasteiger partial charge in [-0.1, -0.05) is 30.8 Å². The number of carbonyl (C=O) groups is 1. The molecule has 1 aromatic rings. The average molecular weight is 358 g/mol. The maximum atomic E-state index is 11.4. The predicted molar refractivity (Wildman–Crippen MR) is 106 cm³/mol. The third-order valence-electron chi connectivity index (χ3n) is 5.04. The van der Waals surface area contributed by atoms with Crippen LogP contribution in [0.4, 0.5) is 0 Å². The summed E-state index contributed by atoms with van der Waals surface area (Å²) in [5, 5.41) is 6.21. The van der Waals surface area contributed by atoms with E-state index in [1.807, 2.05) is 0 Å². The fraction of sp³-hybridized carbons (Fsp3) is 0.550. The number of nitrogens with one attached hydrogen (secondary N) is 2. The molecule has 0 atom stereocenters. The molecular formula is C20H31BN2O3. The summed E-state index contributed by atoms with van der Waals surface area (Å²) in [4.78, 5) is 11.4. The summed E-state index contributed by atoms with van der Waals surface area (Å²) in [6.07, 6.45) is 0.880. The summed E-state index contributed by atoms with van der Waals surface area (Å²) in [7, 11) is -0.320. The minimum atomic E-state index is -0.322. The average Bonchev–Trinajstić information content (AvgIpc) is 2.79. The molecule has 0 aliphatic carbocycles. The summed E-state index contributed by atoms with van der Waals surface area (Å²) >= 11 is 0. The van der Waals surface area contributed by atoms with Gasteiger partial charge in [-0.25, -0.2) is 0 Å². The van der Waals surface area contributed by atoms with Crippen LogP contribution in [-0.4, -0.2) is 37.3 Å². The highest BCUT2D eigenvalue weighted by Crippen LogP contribution is 2.36. The van der Waals surface area contributed by atoms with Crippen molar-refractivity contribution in [3.05, 3.63) is 42.0 Å². The Morgan fingerprint density at radius 2 is 1.65 bits per heavy atom. The lowest BCUT2D eigenvalue weighted by Crippen LogP contribution is -2.41. The van der Waals surface area contributed by atoms with Gasteiger partial charge in [0.05, 0.1) is 11.2 Å². The van der Waals surface area contributed by atoms with Crippen molar-refractivity contribution in [3.63, 3.8) is 0 Å². The Labute approximate surface area is 157 Å². The number of rotatable bonds is 8. The van der Waals surface area contributed by atoms with Crippen LogP contribution in [-0.2, 0) is 20.6 Å². The SMILES string of the molecule is C=C(C)C(=O)NCCCNCc1ccc(B2OC(C)(C)C(C)(C)O2)cc1. The van der Waals surface area contributed by atoms with Crippen molar-refractivity contribution in [2.45, 2.75) is 58.8 Å². The highest BCUT2D eigenvalue weighted by Gasteiger charge is 2.51. The molecule has 0 saturated carbocycles. The van der Waals surface area contributed by atoms with Crippen molar-refractivity contribution in [3.8, 4) is 0 Å².